The van der Waals surface area contributed by atoms with E-state index in [0.29, 0.717) is 23.8 Å². The maximum atomic E-state index is 12.0. The molecule has 6 heteroatoms. The minimum atomic E-state index is -0.812. The Hall–Kier alpha value is -2.24. The topological polar surface area (TPSA) is 73.9 Å². The molecular formula is C15H21NO5. The van der Waals surface area contributed by atoms with Gasteiger partial charge in [-0.2, -0.15) is 0 Å². The van der Waals surface area contributed by atoms with Crippen molar-refractivity contribution in [2.75, 3.05) is 20.3 Å². The van der Waals surface area contributed by atoms with Crippen molar-refractivity contribution in [2.45, 2.75) is 20.8 Å². The van der Waals surface area contributed by atoms with E-state index in [1.54, 1.807) is 13.0 Å². The Morgan fingerprint density at radius 1 is 1.24 bits per heavy atom. The Morgan fingerprint density at radius 3 is 2.52 bits per heavy atom. The Bertz CT molecular complexity index is 499. The van der Waals surface area contributed by atoms with Crippen LogP contribution in [0.15, 0.2) is 18.2 Å². The number of hydrogen-bond acceptors (Lipinski definition) is 5. The van der Waals surface area contributed by atoms with Crippen LogP contribution in [-0.4, -0.2) is 32.3 Å². The molecule has 0 aliphatic carbocycles. The van der Waals surface area contributed by atoms with Gasteiger partial charge in [0.15, 0.2) is 11.5 Å². The van der Waals surface area contributed by atoms with Gasteiger partial charge in [-0.15, -0.1) is 0 Å². The van der Waals surface area contributed by atoms with Crippen LogP contribution in [0.1, 0.15) is 31.1 Å². The van der Waals surface area contributed by atoms with Crippen LogP contribution in [0, 0.1) is 5.92 Å². The summed E-state index contributed by atoms with van der Waals surface area (Å²) in [6, 6.07) is 4.58. The second-order valence-corrected chi connectivity index (χ2v) is 4.75. The lowest BCUT2D eigenvalue weighted by atomic mass is 10.1. The van der Waals surface area contributed by atoms with E-state index < -0.39 is 6.16 Å². The number of amides is 1. The highest BCUT2D eigenvalue weighted by Gasteiger charge is 2.14. The molecule has 21 heavy (non-hydrogen) atoms. The fourth-order valence-corrected chi connectivity index (χ4v) is 1.53. The quantitative estimate of drug-likeness (QED) is 0.645. The van der Waals surface area contributed by atoms with Gasteiger partial charge in [0.1, 0.15) is 0 Å². The molecule has 0 saturated heterocycles. The first kappa shape index (κ1) is 16.8. The highest BCUT2D eigenvalue weighted by atomic mass is 16.7. The van der Waals surface area contributed by atoms with Crippen molar-refractivity contribution < 1.29 is 23.8 Å². The second kappa shape index (κ2) is 8.14. The van der Waals surface area contributed by atoms with Crippen LogP contribution < -0.4 is 14.8 Å². The summed E-state index contributed by atoms with van der Waals surface area (Å²) in [5, 5.41) is 2.80. The van der Waals surface area contributed by atoms with Gasteiger partial charge in [0.2, 0.25) is 0 Å². The molecule has 1 aromatic rings. The summed E-state index contributed by atoms with van der Waals surface area (Å²) in [7, 11) is 1.43. The zero-order valence-corrected chi connectivity index (χ0v) is 12.8. The van der Waals surface area contributed by atoms with Gasteiger partial charge < -0.3 is 19.5 Å². The molecule has 0 aliphatic heterocycles. The first-order valence-corrected chi connectivity index (χ1v) is 6.78. The Kier molecular flexibility index (Phi) is 6.52. The van der Waals surface area contributed by atoms with Crippen molar-refractivity contribution in [3.63, 3.8) is 0 Å². The van der Waals surface area contributed by atoms with Gasteiger partial charge in [-0.05, 0) is 31.0 Å². The zero-order valence-electron chi connectivity index (χ0n) is 12.8. The number of rotatable bonds is 6. The van der Waals surface area contributed by atoms with E-state index in [1.165, 1.54) is 19.2 Å². The number of carbonyl (C=O) groups excluding carboxylic acids is 2. The molecule has 1 rings (SSSR count). The number of ether oxygens (including phenoxy) is 3. The van der Waals surface area contributed by atoms with E-state index in [-0.39, 0.29) is 18.3 Å². The number of hydrogen-bond donors (Lipinski definition) is 1. The fourth-order valence-electron chi connectivity index (χ4n) is 1.53. The highest BCUT2D eigenvalue weighted by molar-refractivity contribution is 5.95. The lowest BCUT2D eigenvalue weighted by Crippen LogP contribution is -2.27. The van der Waals surface area contributed by atoms with Crippen LogP contribution in [0.4, 0.5) is 4.79 Å². The molecule has 0 aliphatic rings. The summed E-state index contributed by atoms with van der Waals surface area (Å²) in [6.07, 6.45) is -0.812. The smallest absolute Gasteiger partial charge is 0.493 e. The van der Waals surface area contributed by atoms with E-state index in [2.05, 4.69) is 5.32 Å². The van der Waals surface area contributed by atoms with Crippen molar-refractivity contribution in [1.82, 2.24) is 5.32 Å². The summed E-state index contributed by atoms with van der Waals surface area (Å²) in [4.78, 5) is 23.3. The molecule has 0 bridgehead atoms. The first-order chi connectivity index (χ1) is 9.97. The normalized spacial score (nSPS) is 10.1. The molecule has 0 atom stereocenters. The van der Waals surface area contributed by atoms with E-state index in [9.17, 15) is 9.59 Å². The van der Waals surface area contributed by atoms with Gasteiger partial charge in [0.25, 0.3) is 5.91 Å². The van der Waals surface area contributed by atoms with Gasteiger partial charge in [-0.1, -0.05) is 13.8 Å². The van der Waals surface area contributed by atoms with Gasteiger partial charge >= 0.3 is 6.16 Å². The molecular weight excluding hydrogens is 274 g/mol. The molecule has 116 valence electrons. The van der Waals surface area contributed by atoms with Crippen molar-refractivity contribution in [3.05, 3.63) is 23.8 Å². The number of nitrogens with one attached hydrogen (secondary N) is 1. The van der Waals surface area contributed by atoms with E-state index in [0.717, 1.165) is 0 Å². The zero-order chi connectivity index (χ0) is 15.8. The van der Waals surface area contributed by atoms with Crippen molar-refractivity contribution >= 4 is 12.1 Å². The maximum Gasteiger partial charge on any atom is 0.513 e. The number of methoxy groups -OCH3 is 1. The molecule has 1 aromatic carbocycles. The Labute approximate surface area is 124 Å². The molecule has 1 N–H and O–H groups in total. The van der Waals surface area contributed by atoms with Crippen LogP contribution in [0.3, 0.4) is 0 Å². The van der Waals surface area contributed by atoms with Crippen LogP contribution >= 0.6 is 0 Å². The largest absolute Gasteiger partial charge is 0.513 e. The summed E-state index contributed by atoms with van der Waals surface area (Å²) < 4.78 is 14.8. The van der Waals surface area contributed by atoms with Gasteiger partial charge in [-0.25, -0.2) is 4.79 Å². The minimum Gasteiger partial charge on any atom is -0.493 e. The molecule has 1 amide bonds. The monoisotopic (exact) mass is 295 g/mol. The van der Waals surface area contributed by atoms with Crippen molar-refractivity contribution in [3.8, 4) is 11.5 Å². The first-order valence-electron chi connectivity index (χ1n) is 6.78. The van der Waals surface area contributed by atoms with Gasteiger partial charge in [0, 0.05) is 12.1 Å². The molecule has 0 saturated carbocycles. The summed E-state index contributed by atoms with van der Waals surface area (Å²) >= 11 is 0. The Balaban J connectivity index is 2.82. The molecule has 0 aromatic heterocycles. The van der Waals surface area contributed by atoms with Crippen LogP contribution in [0.25, 0.3) is 0 Å². The SMILES string of the molecule is CCOC(=O)Oc1ccc(C(=O)NCC(C)C)cc1OC. The molecule has 0 fully saturated rings. The van der Waals surface area contributed by atoms with E-state index >= 15 is 0 Å². The molecule has 0 radical (unpaired) electrons. The predicted molar refractivity (Wildman–Crippen MR) is 77.8 cm³/mol. The minimum absolute atomic E-state index is 0.204. The third-order valence-electron chi connectivity index (χ3n) is 2.55. The lowest BCUT2D eigenvalue weighted by molar-refractivity contribution is 0.0948. The molecule has 0 unspecified atom stereocenters. The van der Waals surface area contributed by atoms with Crippen molar-refractivity contribution in [1.29, 1.82) is 0 Å². The molecule has 0 heterocycles. The van der Waals surface area contributed by atoms with Crippen LogP contribution in [-0.2, 0) is 4.74 Å². The third kappa shape index (κ3) is 5.33. The third-order valence-corrected chi connectivity index (χ3v) is 2.55. The number of benzene rings is 1. The van der Waals surface area contributed by atoms with Crippen molar-refractivity contribution in [2.24, 2.45) is 5.92 Å². The lowest BCUT2D eigenvalue weighted by Gasteiger charge is -2.11. The highest BCUT2D eigenvalue weighted by Crippen LogP contribution is 2.28. The van der Waals surface area contributed by atoms with Crippen LogP contribution in [0.5, 0.6) is 11.5 Å². The maximum absolute atomic E-state index is 12.0. The summed E-state index contributed by atoms with van der Waals surface area (Å²) in [5.74, 6) is 0.656. The standard InChI is InChI=1S/C15H21NO5/c1-5-20-15(18)21-12-7-6-11(8-13(12)19-4)14(17)16-9-10(2)3/h6-8,10H,5,9H2,1-4H3,(H,16,17). The van der Waals surface area contributed by atoms with Crippen LogP contribution in [0.2, 0.25) is 0 Å². The van der Waals surface area contributed by atoms with Gasteiger partial charge in [0.05, 0.1) is 13.7 Å². The molecule has 6 nitrogen and oxygen atoms in total. The van der Waals surface area contributed by atoms with Gasteiger partial charge in [-0.3, -0.25) is 4.79 Å². The summed E-state index contributed by atoms with van der Waals surface area (Å²) in [6.45, 7) is 6.51. The second-order valence-electron chi connectivity index (χ2n) is 4.75. The fraction of sp³-hybridized carbons (Fsp3) is 0.467. The molecule has 0 spiro atoms. The summed E-state index contributed by atoms with van der Waals surface area (Å²) in [5.41, 5.74) is 0.434. The Morgan fingerprint density at radius 2 is 1.95 bits per heavy atom. The predicted octanol–water partition coefficient (Wildman–Crippen LogP) is 2.62. The average Bonchev–Trinajstić information content (AvgIpc) is 2.45. The van der Waals surface area contributed by atoms with E-state index in [4.69, 9.17) is 14.2 Å². The number of carbonyl (C=O) groups is 2. The van der Waals surface area contributed by atoms with E-state index in [1.807, 2.05) is 13.8 Å². The average molecular weight is 295 g/mol.